The first-order chi connectivity index (χ1) is 24.4. The standard InChI is InChI=1S/C26H20NO.C14H16NSi.Ir/c1-17-10-12-19(13-11-17)14-20-15-24(27-16-18(20)2)23-8-5-7-22-21-6-3-4-9-25(21)28-26(22)23;1-16(2,3)13-9-10-14(15-11-13)12-7-5-4-6-8-12;/h3-7,9-13,15-16H,14H2,1-2H3;4-7,9-11H,1-3H3;/q2*-1;/i1D3,2D3,14D2;;. The number of furan rings is 1. The zero-order valence-corrected chi connectivity index (χ0v) is 28.5. The summed E-state index contributed by atoms with van der Waals surface area (Å²) in [5.74, 6) is 0. The van der Waals surface area contributed by atoms with Crippen LogP contribution in [-0.2, 0) is 26.5 Å². The predicted molar refractivity (Wildman–Crippen MR) is 186 cm³/mol. The second kappa shape index (κ2) is 13.9. The van der Waals surface area contributed by atoms with Crippen molar-refractivity contribution >= 4 is 35.2 Å². The van der Waals surface area contributed by atoms with E-state index in [1.54, 1.807) is 6.07 Å². The number of aryl methyl sites for hydroxylation is 2. The van der Waals surface area contributed by atoms with Gasteiger partial charge < -0.3 is 14.4 Å². The third-order valence-corrected chi connectivity index (χ3v) is 9.30. The Morgan fingerprint density at radius 1 is 0.778 bits per heavy atom. The molecule has 0 bridgehead atoms. The average molecular weight is 789 g/mol. The van der Waals surface area contributed by atoms with Crippen molar-refractivity contribution in [2.45, 2.75) is 39.7 Å². The molecule has 3 aromatic heterocycles. The molecule has 7 aromatic rings. The molecule has 0 spiro atoms. The van der Waals surface area contributed by atoms with Gasteiger partial charge >= 0.3 is 0 Å². The number of hydrogen-bond donors (Lipinski definition) is 0. The van der Waals surface area contributed by atoms with Crippen LogP contribution in [0.25, 0.3) is 44.5 Å². The summed E-state index contributed by atoms with van der Waals surface area (Å²) in [7, 11) is -1.23. The van der Waals surface area contributed by atoms with Gasteiger partial charge in [-0.2, -0.15) is 0 Å². The van der Waals surface area contributed by atoms with Crippen molar-refractivity contribution in [3.05, 3.63) is 150 Å². The Kier molecular flexibility index (Phi) is 7.16. The SMILES string of the molecule is C[Si](C)(C)c1ccc(-c2[c-]cccc2)nc1.[2H]C([2H])([2H])c1ccc(C([2H])([2H])c2cc(-c3[c-]ccc4c3oc3ccccc34)ncc2C([2H])([2H])[2H])cc1.[Ir]. The van der Waals surface area contributed by atoms with Crippen molar-refractivity contribution in [3.63, 3.8) is 0 Å². The third kappa shape index (κ3) is 7.40. The second-order valence-electron chi connectivity index (χ2n) is 11.5. The molecule has 0 aliphatic heterocycles. The van der Waals surface area contributed by atoms with E-state index in [0.717, 1.165) is 22.0 Å². The molecule has 0 saturated carbocycles. The van der Waals surface area contributed by atoms with Crippen molar-refractivity contribution < 1.29 is 35.5 Å². The number of pyridine rings is 2. The molecule has 0 aliphatic carbocycles. The Balaban J connectivity index is 0.000000267. The van der Waals surface area contributed by atoms with Gasteiger partial charge in [0.25, 0.3) is 0 Å². The summed E-state index contributed by atoms with van der Waals surface area (Å²) >= 11 is 0. The molecule has 0 unspecified atom stereocenters. The molecule has 0 atom stereocenters. The van der Waals surface area contributed by atoms with Gasteiger partial charge in [-0.3, -0.25) is 0 Å². The van der Waals surface area contributed by atoms with Crippen LogP contribution in [0.2, 0.25) is 19.6 Å². The minimum absolute atomic E-state index is 0. The van der Waals surface area contributed by atoms with Crippen LogP contribution >= 0.6 is 0 Å². The smallest absolute Gasteiger partial charge is 0.120 e. The number of benzene rings is 4. The van der Waals surface area contributed by atoms with Crippen molar-refractivity contribution in [2.24, 2.45) is 0 Å². The molecule has 0 fully saturated rings. The number of rotatable bonds is 5. The number of hydrogen-bond acceptors (Lipinski definition) is 3. The summed E-state index contributed by atoms with van der Waals surface area (Å²) in [6.07, 6.45) is 0.931. The number of aromatic nitrogens is 2. The number of fused-ring (bicyclic) bond motifs is 3. The van der Waals surface area contributed by atoms with Gasteiger partial charge in [0.05, 0.1) is 13.7 Å². The molecule has 45 heavy (non-hydrogen) atoms. The normalized spacial score (nSPS) is 14.6. The van der Waals surface area contributed by atoms with Crippen LogP contribution in [0.1, 0.15) is 33.2 Å². The second-order valence-corrected chi connectivity index (χ2v) is 16.5. The quantitative estimate of drug-likeness (QED) is 0.129. The van der Waals surface area contributed by atoms with E-state index in [1.165, 1.54) is 41.7 Å². The Bertz CT molecular complexity index is 2330. The maximum Gasteiger partial charge on any atom is 0.120 e. The fourth-order valence-electron chi connectivity index (χ4n) is 4.83. The van der Waals surface area contributed by atoms with Gasteiger partial charge in [0.15, 0.2) is 0 Å². The van der Waals surface area contributed by atoms with Crippen molar-refractivity contribution in [1.29, 1.82) is 0 Å². The molecule has 0 aliphatic rings. The van der Waals surface area contributed by atoms with Gasteiger partial charge in [-0.05, 0) is 59.4 Å². The summed E-state index contributed by atoms with van der Waals surface area (Å²) in [5, 5.41) is 3.14. The van der Waals surface area contributed by atoms with E-state index in [0.29, 0.717) is 22.4 Å². The Labute approximate surface area is 292 Å². The van der Waals surface area contributed by atoms with E-state index in [-0.39, 0.29) is 42.4 Å². The zero-order valence-electron chi connectivity index (χ0n) is 33.1. The van der Waals surface area contributed by atoms with Crippen LogP contribution < -0.4 is 5.19 Å². The van der Waals surface area contributed by atoms with Crippen molar-refractivity contribution in [2.75, 3.05) is 0 Å². The van der Waals surface area contributed by atoms with Crippen LogP contribution in [0, 0.1) is 25.8 Å². The molecule has 5 heteroatoms. The first-order valence-corrected chi connectivity index (χ1v) is 17.8. The van der Waals surface area contributed by atoms with Gasteiger partial charge in [0.2, 0.25) is 0 Å². The molecule has 4 aromatic carbocycles. The summed E-state index contributed by atoms with van der Waals surface area (Å²) < 4.78 is 70.4. The van der Waals surface area contributed by atoms with E-state index in [1.807, 2.05) is 60.8 Å². The maximum atomic E-state index is 8.88. The molecule has 0 N–H and O–H groups in total. The predicted octanol–water partition coefficient (Wildman–Crippen LogP) is 9.75. The fraction of sp³-hybridized carbons (Fsp3) is 0.150. The first-order valence-electron chi connectivity index (χ1n) is 18.3. The zero-order chi connectivity index (χ0) is 37.5. The third-order valence-electron chi connectivity index (χ3n) is 7.28. The Hall–Kier alpha value is -4.15. The summed E-state index contributed by atoms with van der Waals surface area (Å²) in [5.41, 5.74) is 3.93. The van der Waals surface area contributed by atoms with Crippen LogP contribution in [0.3, 0.4) is 0 Å². The molecule has 3 heterocycles. The summed E-state index contributed by atoms with van der Waals surface area (Å²) in [6, 6.07) is 36.5. The van der Waals surface area contributed by atoms with Crippen LogP contribution in [0.15, 0.2) is 120 Å². The van der Waals surface area contributed by atoms with E-state index >= 15 is 0 Å². The van der Waals surface area contributed by atoms with Gasteiger partial charge in [-0.25, -0.2) is 0 Å². The molecule has 7 rings (SSSR count). The topological polar surface area (TPSA) is 38.9 Å². The van der Waals surface area contributed by atoms with Gasteiger partial charge in [0, 0.05) is 48.9 Å². The summed E-state index contributed by atoms with van der Waals surface area (Å²) in [6.45, 7) is 2.04. The molecule has 0 amide bonds. The molecular formula is C40H36IrN2OSi-2. The van der Waals surface area contributed by atoms with Crippen LogP contribution in [0.4, 0.5) is 0 Å². The maximum absolute atomic E-state index is 8.88. The van der Waals surface area contributed by atoms with E-state index in [9.17, 15) is 0 Å². The fourth-order valence-corrected chi connectivity index (χ4v) is 5.87. The monoisotopic (exact) mass is 789 g/mol. The van der Waals surface area contributed by atoms with E-state index in [2.05, 4.69) is 53.9 Å². The van der Waals surface area contributed by atoms with Crippen LogP contribution in [0.5, 0.6) is 0 Å². The number of nitrogens with zero attached hydrogens (tertiary/aromatic N) is 2. The Morgan fingerprint density at radius 2 is 1.58 bits per heavy atom. The minimum Gasteiger partial charge on any atom is -0.501 e. The summed E-state index contributed by atoms with van der Waals surface area (Å²) in [4.78, 5) is 8.88. The van der Waals surface area contributed by atoms with E-state index < -0.39 is 28.2 Å². The van der Waals surface area contributed by atoms with E-state index in [4.69, 9.17) is 15.4 Å². The number of para-hydroxylation sites is 1. The van der Waals surface area contributed by atoms with Gasteiger partial charge in [0.1, 0.15) is 5.58 Å². The van der Waals surface area contributed by atoms with Crippen LogP contribution in [-0.4, -0.2) is 18.0 Å². The van der Waals surface area contributed by atoms with Gasteiger partial charge in [-0.15, -0.1) is 54.1 Å². The molecule has 0 saturated heterocycles. The molecular weight excluding hydrogens is 745 g/mol. The van der Waals surface area contributed by atoms with Crippen molar-refractivity contribution in [3.8, 4) is 22.5 Å². The van der Waals surface area contributed by atoms with Gasteiger partial charge in [-0.1, -0.05) is 96.8 Å². The Morgan fingerprint density at radius 3 is 2.29 bits per heavy atom. The molecule has 1 radical (unpaired) electrons. The van der Waals surface area contributed by atoms with Crippen molar-refractivity contribution in [1.82, 2.24) is 9.97 Å². The largest absolute Gasteiger partial charge is 0.501 e. The first kappa shape index (κ1) is 23.2. The average Bonchev–Trinajstić information content (AvgIpc) is 3.50. The molecule has 227 valence electrons. The minimum atomic E-state index is -2.62. The molecule has 3 nitrogen and oxygen atoms in total.